The van der Waals surface area contributed by atoms with Gasteiger partial charge in [0.25, 0.3) is 11.8 Å². The number of carbonyl (C=O) groups excluding carboxylic acids is 4. The Kier molecular flexibility index (Phi) is 7.11. The van der Waals surface area contributed by atoms with Gasteiger partial charge in [0.05, 0.1) is 11.1 Å². The van der Waals surface area contributed by atoms with Crippen LogP contribution in [-0.2, 0) is 22.7 Å². The number of hydrogen-bond donors (Lipinski definition) is 2. The molecule has 2 aromatic carbocycles. The molecule has 0 saturated carbocycles. The van der Waals surface area contributed by atoms with Gasteiger partial charge in [-0.2, -0.15) is 0 Å². The van der Waals surface area contributed by atoms with Crippen molar-refractivity contribution in [2.45, 2.75) is 58.7 Å². The molecule has 37 heavy (non-hydrogen) atoms. The summed E-state index contributed by atoms with van der Waals surface area (Å²) in [6, 6.07) is 12.6. The van der Waals surface area contributed by atoms with Gasteiger partial charge in [0.2, 0.25) is 11.8 Å². The Morgan fingerprint density at radius 1 is 0.919 bits per heavy atom. The van der Waals surface area contributed by atoms with Crippen LogP contribution in [0.15, 0.2) is 42.5 Å². The number of carbonyl (C=O) groups is 4. The van der Waals surface area contributed by atoms with Gasteiger partial charge in [0, 0.05) is 25.2 Å². The summed E-state index contributed by atoms with van der Waals surface area (Å²) in [6.45, 7) is 8.38. The van der Waals surface area contributed by atoms with Gasteiger partial charge >= 0.3 is 0 Å². The van der Waals surface area contributed by atoms with Crippen molar-refractivity contribution in [3.63, 3.8) is 0 Å². The van der Waals surface area contributed by atoms with Crippen LogP contribution < -0.4 is 10.6 Å². The number of amides is 4. The number of imide groups is 2. The topological polar surface area (TPSA) is 98.8 Å². The van der Waals surface area contributed by atoms with Crippen LogP contribution in [-0.4, -0.2) is 52.6 Å². The predicted molar refractivity (Wildman–Crippen MR) is 140 cm³/mol. The van der Waals surface area contributed by atoms with Crippen molar-refractivity contribution in [3.05, 3.63) is 64.7 Å². The maximum atomic E-state index is 13.3. The van der Waals surface area contributed by atoms with Crippen molar-refractivity contribution in [1.82, 2.24) is 15.1 Å². The third-order valence-corrected chi connectivity index (χ3v) is 7.96. The SMILES string of the molecule is CC(C)C1CCN(Cc2ccc(CNc3cccc4c3C(=O)N(C3CCC(=O)NC3=O)C4=O)cc2)CC1. The van der Waals surface area contributed by atoms with Crippen LogP contribution in [0.1, 0.15) is 71.4 Å². The molecular formula is C29H34N4O4. The van der Waals surface area contributed by atoms with Gasteiger partial charge in [-0.1, -0.05) is 44.2 Å². The Bertz CT molecular complexity index is 1210. The number of piperidine rings is 2. The van der Waals surface area contributed by atoms with Gasteiger partial charge < -0.3 is 5.32 Å². The third kappa shape index (κ3) is 5.16. The van der Waals surface area contributed by atoms with E-state index in [9.17, 15) is 19.2 Å². The summed E-state index contributed by atoms with van der Waals surface area (Å²) in [5.74, 6) is -0.406. The minimum atomic E-state index is -0.971. The summed E-state index contributed by atoms with van der Waals surface area (Å²) in [5.41, 5.74) is 3.46. The lowest BCUT2D eigenvalue weighted by molar-refractivity contribution is -0.136. The Balaban J connectivity index is 1.22. The summed E-state index contributed by atoms with van der Waals surface area (Å²) >= 11 is 0. The first-order valence-corrected chi connectivity index (χ1v) is 13.2. The Morgan fingerprint density at radius 2 is 1.62 bits per heavy atom. The number of fused-ring (bicyclic) bond motifs is 1. The lowest BCUT2D eigenvalue weighted by atomic mass is 9.86. The van der Waals surface area contributed by atoms with Crippen molar-refractivity contribution < 1.29 is 19.2 Å². The molecule has 3 aliphatic heterocycles. The maximum Gasteiger partial charge on any atom is 0.264 e. The normalized spacial score (nSPS) is 20.9. The van der Waals surface area contributed by atoms with E-state index in [0.717, 1.165) is 41.9 Å². The molecule has 0 radical (unpaired) electrons. The third-order valence-electron chi connectivity index (χ3n) is 7.96. The molecule has 8 nitrogen and oxygen atoms in total. The zero-order chi connectivity index (χ0) is 26.1. The highest BCUT2D eigenvalue weighted by Crippen LogP contribution is 2.32. The molecule has 2 aromatic rings. The minimum absolute atomic E-state index is 0.0984. The van der Waals surface area contributed by atoms with Crippen LogP contribution in [0.5, 0.6) is 0 Å². The van der Waals surface area contributed by atoms with Crippen molar-refractivity contribution in [2.75, 3.05) is 18.4 Å². The van der Waals surface area contributed by atoms with E-state index in [2.05, 4.69) is 53.6 Å². The molecule has 3 heterocycles. The second kappa shape index (κ2) is 10.5. The van der Waals surface area contributed by atoms with Crippen LogP contribution in [0, 0.1) is 11.8 Å². The summed E-state index contributed by atoms with van der Waals surface area (Å²) < 4.78 is 0. The number of benzene rings is 2. The average Bonchev–Trinajstić information content (AvgIpc) is 3.14. The Morgan fingerprint density at radius 3 is 2.30 bits per heavy atom. The maximum absolute atomic E-state index is 13.3. The molecule has 8 heteroatoms. The number of likely N-dealkylation sites (tertiary alicyclic amines) is 1. The Hall–Kier alpha value is -3.52. The highest BCUT2D eigenvalue weighted by Gasteiger charge is 2.45. The largest absolute Gasteiger partial charge is 0.380 e. The standard InChI is InChI=1S/C29H34N4O4/c1-18(2)21-12-14-32(15-13-21)17-20-8-6-19(7-9-20)16-30-23-5-3-4-22-26(23)29(37)33(28(22)36)24-10-11-25(34)31-27(24)35/h3-9,18,21,24,30H,10-17H2,1-2H3,(H,31,34,35). The summed E-state index contributed by atoms with van der Waals surface area (Å²) in [6.07, 6.45) is 2.77. The molecule has 1 atom stereocenters. The van der Waals surface area contributed by atoms with E-state index in [-0.39, 0.29) is 29.9 Å². The fraction of sp³-hybridized carbons (Fsp3) is 0.448. The van der Waals surface area contributed by atoms with Crippen LogP contribution in [0.2, 0.25) is 0 Å². The van der Waals surface area contributed by atoms with E-state index in [1.54, 1.807) is 18.2 Å². The van der Waals surface area contributed by atoms with Crippen LogP contribution >= 0.6 is 0 Å². The lowest BCUT2D eigenvalue weighted by Gasteiger charge is -2.33. The molecule has 2 N–H and O–H groups in total. The zero-order valence-electron chi connectivity index (χ0n) is 21.5. The summed E-state index contributed by atoms with van der Waals surface area (Å²) in [4.78, 5) is 53.6. The van der Waals surface area contributed by atoms with Gasteiger partial charge in [-0.15, -0.1) is 0 Å². The predicted octanol–water partition coefficient (Wildman–Crippen LogP) is 3.57. The molecule has 0 aliphatic carbocycles. The fourth-order valence-corrected chi connectivity index (χ4v) is 5.66. The molecular weight excluding hydrogens is 468 g/mol. The van der Waals surface area contributed by atoms with Crippen molar-refractivity contribution in [1.29, 1.82) is 0 Å². The van der Waals surface area contributed by atoms with Gasteiger partial charge in [-0.25, -0.2) is 0 Å². The molecule has 0 bridgehead atoms. The zero-order valence-corrected chi connectivity index (χ0v) is 21.5. The van der Waals surface area contributed by atoms with Crippen LogP contribution in [0.3, 0.4) is 0 Å². The molecule has 2 fully saturated rings. The molecule has 4 amide bonds. The second-order valence-electron chi connectivity index (χ2n) is 10.7. The summed E-state index contributed by atoms with van der Waals surface area (Å²) in [7, 11) is 0. The van der Waals surface area contributed by atoms with E-state index in [4.69, 9.17) is 0 Å². The van der Waals surface area contributed by atoms with Gasteiger partial charge in [-0.3, -0.25) is 34.3 Å². The molecule has 2 saturated heterocycles. The Labute approximate surface area is 217 Å². The fourth-order valence-electron chi connectivity index (χ4n) is 5.66. The number of rotatable bonds is 7. The van der Waals surface area contributed by atoms with E-state index < -0.39 is 23.8 Å². The lowest BCUT2D eigenvalue weighted by Crippen LogP contribution is -2.54. The molecule has 194 valence electrons. The minimum Gasteiger partial charge on any atom is -0.380 e. The van der Waals surface area contributed by atoms with E-state index in [1.807, 2.05) is 0 Å². The monoisotopic (exact) mass is 502 g/mol. The highest BCUT2D eigenvalue weighted by molar-refractivity contribution is 6.25. The van der Waals surface area contributed by atoms with Crippen LogP contribution in [0.25, 0.3) is 0 Å². The van der Waals surface area contributed by atoms with Gasteiger partial charge in [0.1, 0.15) is 6.04 Å². The van der Waals surface area contributed by atoms with Crippen molar-refractivity contribution in [3.8, 4) is 0 Å². The number of nitrogens with one attached hydrogen (secondary N) is 2. The number of hydrogen-bond acceptors (Lipinski definition) is 6. The molecule has 1 unspecified atom stereocenters. The van der Waals surface area contributed by atoms with Gasteiger partial charge in [0.15, 0.2) is 0 Å². The van der Waals surface area contributed by atoms with Crippen LogP contribution in [0.4, 0.5) is 5.69 Å². The van der Waals surface area contributed by atoms with Crippen molar-refractivity contribution >= 4 is 29.3 Å². The first-order chi connectivity index (χ1) is 17.8. The van der Waals surface area contributed by atoms with E-state index in [1.165, 1.54) is 18.4 Å². The van der Waals surface area contributed by atoms with Gasteiger partial charge in [-0.05, 0) is 67.4 Å². The number of anilines is 1. The van der Waals surface area contributed by atoms with E-state index in [0.29, 0.717) is 12.2 Å². The first-order valence-electron chi connectivity index (χ1n) is 13.2. The van der Waals surface area contributed by atoms with Crippen molar-refractivity contribution in [2.24, 2.45) is 11.8 Å². The first kappa shape index (κ1) is 25.1. The quantitative estimate of drug-likeness (QED) is 0.562. The number of nitrogens with zero attached hydrogens (tertiary/aromatic N) is 2. The molecule has 0 aromatic heterocycles. The summed E-state index contributed by atoms with van der Waals surface area (Å²) in [5, 5.41) is 5.53. The smallest absolute Gasteiger partial charge is 0.264 e. The molecule has 0 spiro atoms. The molecule has 5 rings (SSSR count). The molecule has 3 aliphatic rings. The average molecular weight is 503 g/mol. The van der Waals surface area contributed by atoms with E-state index >= 15 is 0 Å². The highest BCUT2D eigenvalue weighted by atomic mass is 16.2. The second-order valence-corrected chi connectivity index (χ2v) is 10.7.